The molecule has 5 heteroatoms. The van der Waals surface area contributed by atoms with Crippen molar-refractivity contribution in [2.45, 2.75) is 39.0 Å². The van der Waals surface area contributed by atoms with E-state index in [4.69, 9.17) is 0 Å². The fourth-order valence-corrected chi connectivity index (χ4v) is 4.18. The maximum absolute atomic E-state index is 12.9. The lowest BCUT2D eigenvalue weighted by Crippen LogP contribution is -2.53. The number of nitrogens with one attached hydrogen (secondary N) is 1. The van der Waals surface area contributed by atoms with Crippen LogP contribution in [0.2, 0.25) is 0 Å². The number of hydrogen-bond donors (Lipinski definition) is 1. The van der Waals surface area contributed by atoms with Crippen LogP contribution in [-0.2, 0) is 16.0 Å². The van der Waals surface area contributed by atoms with Gasteiger partial charge in [0.05, 0.1) is 5.41 Å². The van der Waals surface area contributed by atoms with Gasteiger partial charge in [0.1, 0.15) is 0 Å². The number of benzene rings is 1. The molecule has 1 aliphatic rings. The van der Waals surface area contributed by atoms with Gasteiger partial charge in [-0.15, -0.1) is 0 Å². The van der Waals surface area contributed by atoms with Crippen molar-refractivity contribution in [2.75, 3.05) is 20.1 Å². The number of piperidine rings is 1. The van der Waals surface area contributed by atoms with Gasteiger partial charge in [-0.05, 0) is 48.4 Å². The molecular formula is C23H29N3O2. The summed E-state index contributed by atoms with van der Waals surface area (Å²) in [5.41, 5.74) is 2.67. The van der Waals surface area contributed by atoms with E-state index in [1.54, 1.807) is 13.2 Å². The van der Waals surface area contributed by atoms with Crippen molar-refractivity contribution in [1.29, 1.82) is 0 Å². The minimum absolute atomic E-state index is 0.0216. The quantitative estimate of drug-likeness (QED) is 0.836. The van der Waals surface area contributed by atoms with Gasteiger partial charge in [-0.25, -0.2) is 0 Å². The Hall–Kier alpha value is -2.69. The average Bonchev–Trinajstić information content (AvgIpc) is 2.74. The van der Waals surface area contributed by atoms with E-state index < -0.39 is 5.41 Å². The molecule has 1 N–H and O–H groups in total. The Balaban J connectivity index is 1.87. The number of amides is 2. The third-order valence-corrected chi connectivity index (χ3v) is 5.57. The second-order valence-corrected chi connectivity index (χ2v) is 7.65. The highest BCUT2D eigenvalue weighted by atomic mass is 16.2. The summed E-state index contributed by atoms with van der Waals surface area (Å²) in [7, 11) is 1.68. The number of aromatic nitrogens is 1. The van der Waals surface area contributed by atoms with E-state index in [1.807, 2.05) is 36.2 Å². The molecule has 1 fully saturated rings. The number of nitrogens with zero attached hydrogens (tertiary/aromatic N) is 2. The monoisotopic (exact) mass is 379 g/mol. The van der Waals surface area contributed by atoms with Crippen molar-refractivity contribution >= 4 is 11.8 Å². The first-order chi connectivity index (χ1) is 13.6. The smallest absolute Gasteiger partial charge is 0.228 e. The van der Waals surface area contributed by atoms with Crippen molar-refractivity contribution < 1.29 is 9.59 Å². The molecule has 2 aromatic rings. The standard InChI is InChI=1S/C23H29N3O2/c1-3-7-21(27)26-13-6-11-23(17-26,22(28)24-2)15-18-8-4-9-19(14-18)20-10-5-12-25-16-20/h4-5,8-10,12,14,16H,3,6-7,11,13,15,17H2,1-2H3,(H,24,28)/t23-/m0/s1. The molecule has 5 nitrogen and oxygen atoms in total. The summed E-state index contributed by atoms with van der Waals surface area (Å²) in [6.45, 7) is 3.24. The molecule has 1 aromatic carbocycles. The summed E-state index contributed by atoms with van der Waals surface area (Å²) < 4.78 is 0. The van der Waals surface area contributed by atoms with Crippen LogP contribution in [0.4, 0.5) is 0 Å². The Labute approximate surface area is 167 Å². The van der Waals surface area contributed by atoms with Gasteiger partial charge < -0.3 is 10.2 Å². The number of hydrogen-bond acceptors (Lipinski definition) is 3. The van der Waals surface area contributed by atoms with Crippen molar-refractivity contribution in [3.63, 3.8) is 0 Å². The predicted molar refractivity (Wildman–Crippen MR) is 111 cm³/mol. The van der Waals surface area contributed by atoms with Crippen LogP contribution < -0.4 is 5.32 Å². The van der Waals surface area contributed by atoms with Crippen molar-refractivity contribution in [2.24, 2.45) is 5.41 Å². The molecular weight excluding hydrogens is 350 g/mol. The molecule has 0 spiro atoms. The van der Waals surface area contributed by atoms with Crippen molar-refractivity contribution in [3.05, 3.63) is 54.4 Å². The van der Waals surface area contributed by atoms with Crippen LogP contribution >= 0.6 is 0 Å². The van der Waals surface area contributed by atoms with Gasteiger partial charge in [-0.3, -0.25) is 14.6 Å². The summed E-state index contributed by atoms with van der Waals surface area (Å²) in [4.78, 5) is 31.5. The largest absolute Gasteiger partial charge is 0.359 e. The first-order valence-corrected chi connectivity index (χ1v) is 10.1. The van der Waals surface area contributed by atoms with Gasteiger partial charge in [0, 0.05) is 39.0 Å². The summed E-state index contributed by atoms with van der Waals surface area (Å²) in [5.74, 6) is 0.174. The number of carbonyl (C=O) groups is 2. The molecule has 1 atom stereocenters. The van der Waals surface area contributed by atoms with Crippen molar-refractivity contribution in [1.82, 2.24) is 15.2 Å². The minimum Gasteiger partial charge on any atom is -0.359 e. The molecule has 1 aromatic heterocycles. The topological polar surface area (TPSA) is 62.3 Å². The van der Waals surface area contributed by atoms with E-state index in [-0.39, 0.29) is 11.8 Å². The van der Waals surface area contributed by atoms with Crippen LogP contribution in [0.1, 0.15) is 38.2 Å². The van der Waals surface area contributed by atoms with E-state index in [9.17, 15) is 9.59 Å². The van der Waals surface area contributed by atoms with E-state index in [0.29, 0.717) is 19.4 Å². The van der Waals surface area contributed by atoms with Gasteiger partial charge in [0.25, 0.3) is 0 Å². The molecule has 0 aliphatic carbocycles. The molecule has 0 bridgehead atoms. The highest BCUT2D eigenvalue weighted by Gasteiger charge is 2.42. The molecule has 0 unspecified atom stereocenters. The SMILES string of the molecule is CCCC(=O)N1CCC[C@@](Cc2cccc(-c3cccnc3)c2)(C(=O)NC)C1. The van der Waals surface area contributed by atoms with Crippen LogP contribution in [-0.4, -0.2) is 41.8 Å². The fraction of sp³-hybridized carbons (Fsp3) is 0.435. The summed E-state index contributed by atoms with van der Waals surface area (Å²) in [6, 6.07) is 12.2. The fourth-order valence-electron chi connectivity index (χ4n) is 4.18. The Morgan fingerprint density at radius 3 is 2.75 bits per heavy atom. The zero-order chi connectivity index (χ0) is 20.0. The second kappa shape index (κ2) is 9.00. The molecule has 0 radical (unpaired) electrons. The number of carbonyl (C=O) groups excluding carboxylic acids is 2. The van der Waals surface area contributed by atoms with Crippen LogP contribution in [0.5, 0.6) is 0 Å². The van der Waals surface area contributed by atoms with Gasteiger partial charge in [-0.1, -0.05) is 37.3 Å². The molecule has 148 valence electrons. The van der Waals surface area contributed by atoms with Crippen LogP contribution in [0.15, 0.2) is 48.8 Å². The summed E-state index contributed by atoms with van der Waals surface area (Å²) in [6.07, 6.45) is 7.24. The van der Waals surface area contributed by atoms with Gasteiger partial charge >= 0.3 is 0 Å². The predicted octanol–water partition coefficient (Wildman–Crippen LogP) is 3.45. The highest BCUT2D eigenvalue weighted by Crippen LogP contribution is 2.35. The maximum Gasteiger partial charge on any atom is 0.228 e. The summed E-state index contributed by atoms with van der Waals surface area (Å²) in [5, 5.41) is 2.85. The highest BCUT2D eigenvalue weighted by molar-refractivity contribution is 5.85. The Morgan fingerprint density at radius 2 is 2.04 bits per heavy atom. The molecule has 28 heavy (non-hydrogen) atoms. The third-order valence-electron chi connectivity index (χ3n) is 5.57. The van der Waals surface area contributed by atoms with Crippen LogP contribution in [0.25, 0.3) is 11.1 Å². The lowest BCUT2D eigenvalue weighted by atomic mass is 9.74. The normalized spacial score (nSPS) is 19.3. The third kappa shape index (κ3) is 4.41. The van der Waals surface area contributed by atoms with Crippen LogP contribution in [0.3, 0.4) is 0 Å². The minimum atomic E-state index is -0.579. The Kier molecular flexibility index (Phi) is 6.45. The number of pyridine rings is 1. The van der Waals surface area contributed by atoms with Gasteiger partial charge in [0.2, 0.25) is 11.8 Å². The van der Waals surface area contributed by atoms with Crippen LogP contribution in [0, 0.1) is 5.41 Å². The Bertz CT molecular complexity index is 822. The average molecular weight is 380 g/mol. The van der Waals surface area contributed by atoms with Crippen molar-refractivity contribution in [3.8, 4) is 11.1 Å². The molecule has 1 aliphatic heterocycles. The lowest BCUT2D eigenvalue weighted by molar-refractivity contribution is -0.141. The van der Waals surface area contributed by atoms with E-state index in [1.165, 1.54) is 0 Å². The number of likely N-dealkylation sites (tertiary alicyclic amines) is 1. The first kappa shape index (κ1) is 20.1. The first-order valence-electron chi connectivity index (χ1n) is 10.1. The van der Waals surface area contributed by atoms with E-state index >= 15 is 0 Å². The van der Waals surface area contributed by atoms with E-state index in [0.717, 1.165) is 42.5 Å². The van der Waals surface area contributed by atoms with Gasteiger partial charge in [0.15, 0.2) is 0 Å². The zero-order valence-corrected chi connectivity index (χ0v) is 16.8. The second-order valence-electron chi connectivity index (χ2n) is 7.65. The molecule has 2 heterocycles. The maximum atomic E-state index is 12.9. The lowest BCUT2D eigenvalue weighted by Gasteiger charge is -2.41. The number of rotatable bonds is 6. The Morgan fingerprint density at radius 1 is 1.21 bits per heavy atom. The molecule has 3 rings (SSSR count). The summed E-state index contributed by atoms with van der Waals surface area (Å²) >= 11 is 0. The molecule has 2 amide bonds. The van der Waals surface area contributed by atoms with E-state index in [2.05, 4.69) is 28.5 Å². The zero-order valence-electron chi connectivity index (χ0n) is 16.8. The molecule has 0 saturated carbocycles. The molecule has 1 saturated heterocycles. The van der Waals surface area contributed by atoms with Gasteiger partial charge in [-0.2, -0.15) is 0 Å².